The van der Waals surface area contributed by atoms with Crippen molar-refractivity contribution in [2.24, 2.45) is 4.99 Å². The number of anilines is 1. The van der Waals surface area contributed by atoms with Crippen LogP contribution in [0.25, 0.3) is 0 Å². The first-order valence-electron chi connectivity index (χ1n) is 10.3. The normalized spacial score (nSPS) is 17.1. The molecule has 1 unspecified atom stereocenters. The fourth-order valence-electron chi connectivity index (χ4n) is 3.17. The molecule has 2 aromatic rings. The van der Waals surface area contributed by atoms with E-state index in [4.69, 9.17) is 26.1 Å². The Morgan fingerprint density at radius 2 is 2.06 bits per heavy atom. The van der Waals surface area contributed by atoms with Gasteiger partial charge in [-0.3, -0.25) is 14.5 Å². The van der Waals surface area contributed by atoms with Gasteiger partial charge in [-0.15, -0.1) is 0 Å². The molecule has 1 heterocycles. The highest BCUT2D eigenvalue weighted by molar-refractivity contribution is 8.15. The number of carbonyl (C=O) groups excluding carboxylic acids is 2. The quantitative estimate of drug-likeness (QED) is 0.502. The third-order valence-corrected chi connectivity index (χ3v) is 6.02. The molecule has 170 valence electrons. The summed E-state index contributed by atoms with van der Waals surface area (Å²) >= 11 is 7.27. The van der Waals surface area contributed by atoms with E-state index in [1.807, 2.05) is 31.2 Å². The third kappa shape index (κ3) is 6.48. The number of methoxy groups -OCH3 is 1. The molecule has 7 nitrogen and oxygen atoms in total. The van der Waals surface area contributed by atoms with Gasteiger partial charge in [0.05, 0.1) is 6.61 Å². The lowest BCUT2D eigenvalue weighted by molar-refractivity contribution is -0.128. The number of hydrogen-bond acceptors (Lipinski definition) is 6. The standard InChI is InChI=1S/C23H26ClN3O4S/c1-3-31-19-11-5-4-10-18(19)26-23-27(12-7-13-30-2)22(29)20(32-23)15-21(28)25-17-9-6-8-16(24)14-17/h4-6,8-11,14,20H,3,7,12-13,15H2,1-2H3,(H,25,28). The van der Waals surface area contributed by atoms with Gasteiger partial charge in [-0.1, -0.05) is 41.6 Å². The third-order valence-electron chi connectivity index (χ3n) is 4.61. The van der Waals surface area contributed by atoms with E-state index in [1.165, 1.54) is 11.8 Å². The van der Waals surface area contributed by atoms with E-state index >= 15 is 0 Å². The first-order chi connectivity index (χ1) is 15.5. The number of amides is 2. The molecule has 3 rings (SSSR count). The zero-order valence-corrected chi connectivity index (χ0v) is 19.6. The van der Waals surface area contributed by atoms with Crippen molar-refractivity contribution in [2.75, 3.05) is 32.2 Å². The number of amidine groups is 1. The number of thioether (sulfide) groups is 1. The maximum Gasteiger partial charge on any atom is 0.242 e. The number of hydrogen-bond donors (Lipinski definition) is 1. The minimum absolute atomic E-state index is 0.0307. The average Bonchev–Trinajstić information content (AvgIpc) is 3.04. The van der Waals surface area contributed by atoms with E-state index in [0.29, 0.717) is 53.5 Å². The van der Waals surface area contributed by atoms with E-state index in [-0.39, 0.29) is 18.2 Å². The Morgan fingerprint density at radius 1 is 1.25 bits per heavy atom. The van der Waals surface area contributed by atoms with Crippen LogP contribution in [0.3, 0.4) is 0 Å². The number of aliphatic imine (C=N–C) groups is 1. The number of carbonyl (C=O) groups is 2. The molecule has 0 radical (unpaired) electrons. The topological polar surface area (TPSA) is 80.2 Å². The first-order valence-corrected chi connectivity index (χ1v) is 11.6. The summed E-state index contributed by atoms with van der Waals surface area (Å²) in [5.41, 5.74) is 1.24. The molecule has 0 spiro atoms. The molecule has 32 heavy (non-hydrogen) atoms. The molecular formula is C23H26ClN3O4S. The van der Waals surface area contributed by atoms with Crippen LogP contribution in [0, 0.1) is 0 Å². The Balaban J connectivity index is 1.77. The summed E-state index contributed by atoms with van der Waals surface area (Å²) in [6, 6.07) is 14.3. The Hall–Kier alpha value is -2.55. The summed E-state index contributed by atoms with van der Waals surface area (Å²) in [6.45, 7) is 3.40. The highest BCUT2D eigenvalue weighted by Gasteiger charge is 2.39. The minimum Gasteiger partial charge on any atom is -0.492 e. The minimum atomic E-state index is -0.560. The van der Waals surface area contributed by atoms with Crippen LogP contribution in [-0.2, 0) is 14.3 Å². The lowest BCUT2D eigenvalue weighted by Crippen LogP contribution is -2.34. The van der Waals surface area contributed by atoms with Gasteiger partial charge in [0.1, 0.15) is 16.7 Å². The molecule has 1 fully saturated rings. The molecule has 1 aliphatic rings. The zero-order valence-electron chi connectivity index (χ0n) is 18.0. The van der Waals surface area contributed by atoms with E-state index < -0.39 is 5.25 Å². The van der Waals surface area contributed by atoms with Crippen molar-refractivity contribution in [1.82, 2.24) is 4.90 Å². The second-order valence-electron chi connectivity index (χ2n) is 7.00. The maximum absolute atomic E-state index is 13.1. The highest BCUT2D eigenvalue weighted by Crippen LogP contribution is 2.35. The summed E-state index contributed by atoms with van der Waals surface area (Å²) in [6.07, 6.45) is 0.694. The van der Waals surface area contributed by atoms with Crippen molar-refractivity contribution in [2.45, 2.75) is 25.0 Å². The maximum atomic E-state index is 13.1. The predicted octanol–water partition coefficient (Wildman–Crippen LogP) is 4.74. The molecule has 1 saturated heterocycles. The smallest absolute Gasteiger partial charge is 0.242 e. The van der Waals surface area contributed by atoms with Gasteiger partial charge < -0.3 is 14.8 Å². The van der Waals surface area contributed by atoms with Gasteiger partial charge in [0.15, 0.2) is 5.17 Å². The number of benzene rings is 2. The number of nitrogens with one attached hydrogen (secondary N) is 1. The molecule has 2 aromatic carbocycles. The second-order valence-corrected chi connectivity index (χ2v) is 8.61. The highest BCUT2D eigenvalue weighted by atomic mass is 35.5. The largest absolute Gasteiger partial charge is 0.492 e. The number of ether oxygens (including phenoxy) is 2. The van der Waals surface area contributed by atoms with E-state index in [9.17, 15) is 9.59 Å². The van der Waals surface area contributed by atoms with Gasteiger partial charge in [-0.25, -0.2) is 4.99 Å². The number of para-hydroxylation sites is 2. The van der Waals surface area contributed by atoms with Crippen LogP contribution in [0.2, 0.25) is 5.02 Å². The Kier molecular flexibility index (Phi) is 8.96. The number of halogens is 1. The van der Waals surface area contributed by atoms with Crippen LogP contribution in [-0.4, -0.2) is 54.0 Å². The molecule has 9 heteroatoms. The summed E-state index contributed by atoms with van der Waals surface area (Å²) < 4.78 is 10.8. The van der Waals surface area contributed by atoms with Gasteiger partial charge in [-0.2, -0.15) is 0 Å². The van der Waals surface area contributed by atoms with Gasteiger partial charge >= 0.3 is 0 Å². The summed E-state index contributed by atoms with van der Waals surface area (Å²) in [5, 5.41) is 3.32. The van der Waals surface area contributed by atoms with Crippen LogP contribution in [0.4, 0.5) is 11.4 Å². The van der Waals surface area contributed by atoms with Crippen LogP contribution in [0.1, 0.15) is 19.8 Å². The van der Waals surface area contributed by atoms with Gasteiger partial charge in [0.25, 0.3) is 0 Å². The molecule has 1 atom stereocenters. The van der Waals surface area contributed by atoms with Crippen molar-refractivity contribution >= 4 is 51.7 Å². The molecule has 1 aliphatic heterocycles. The fourth-order valence-corrected chi connectivity index (χ4v) is 4.54. The predicted molar refractivity (Wildman–Crippen MR) is 129 cm³/mol. The Morgan fingerprint density at radius 3 is 2.81 bits per heavy atom. The van der Waals surface area contributed by atoms with Crippen molar-refractivity contribution in [3.63, 3.8) is 0 Å². The van der Waals surface area contributed by atoms with Crippen molar-refractivity contribution in [3.05, 3.63) is 53.6 Å². The molecule has 2 amide bonds. The SMILES string of the molecule is CCOc1ccccc1N=C1SC(CC(=O)Nc2cccc(Cl)c2)C(=O)N1CCCOC. The first kappa shape index (κ1) is 24.1. The molecule has 0 aromatic heterocycles. The molecule has 0 bridgehead atoms. The van der Waals surface area contributed by atoms with Crippen LogP contribution in [0.15, 0.2) is 53.5 Å². The monoisotopic (exact) mass is 475 g/mol. The Labute approximate surface area is 197 Å². The summed E-state index contributed by atoms with van der Waals surface area (Å²) in [4.78, 5) is 32.0. The van der Waals surface area contributed by atoms with Gasteiger partial charge in [0.2, 0.25) is 11.8 Å². The lowest BCUT2D eigenvalue weighted by atomic mass is 10.2. The van der Waals surface area contributed by atoms with E-state index in [0.717, 1.165) is 0 Å². The zero-order chi connectivity index (χ0) is 22.9. The number of rotatable bonds is 10. The van der Waals surface area contributed by atoms with Crippen molar-refractivity contribution in [1.29, 1.82) is 0 Å². The Bertz CT molecular complexity index is 985. The summed E-state index contributed by atoms with van der Waals surface area (Å²) in [7, 11) is 1.62. The van der Waals surface area contributed by atoms with E-state index in [2.05, 4.69) is 5.32 Å². The molecule has 0 saturated carbocycles. The van der Waals surface area contributed by atoms with Gasteiger partial charge in [0, 0.05) is 37.4 Å². The van der Waals surface area contributed by atoms with E-state index in [1.54, 1.807) is 36.3 Å². The van der Waals surface area contributed by atoms with Crippen LogP contribution in [0.5, 0.6) is 5.75 Å². The van der Waals surface area contributed by atoms with Crippen molar-refractivity contribution in [3.8, 4) is 5.75 Å². The average molecular weight is 476 g/mol. The number of nitrogens with zero attached hydrogens (tertiary/aromatic N) is 2. The second kappa shape index (κ2) is 11.9. The van der Waals surface area contributed by atoms with Gasteiger partial charge in [-0.05, 0) is 43.7 Å². The lowest BCUT2D eigenvalue weighted by Gasteiger charge is -2.16. The molecule has 1 N–H and O–H groups in total. The molecular weight excluding hydrogens is 450 g/mol. The van der Waals surface area contributed by atoms with Crippen LogP contribution < -0.4 is 10.1 Å². The molecule has 0 aliphatic carbocycles. The van der Waals surface area contributed by atoms with Crippen molar-refractivity contribution < 1.29 is 19.1 Å². The summed E-state index contributed by atoms with van der Waals surface area (Å²) in [5.74, 6) is 0.250. The fraction of sp³-hybridized carbons (Fsp3) is 0.348. The van der Waals surface area contributed by atoms with Crippen LogP contribution >= 0.6 is 23.4 Å².